The lowest BCUT2D eigenvalue weighted by Crippen LogP contribution is -2.09. The monoisotopic (exact) mass is 255 g/mol. The van der Waals surface area contributed by atoms with Crippen LogP contribution in [0.3, 0.4) is 0 Å². The Hall–Kier alpha value is -2.63. The van der Waals surface area contributed by atoms with Crippen molar-refractivity contribution in [1.82, 2.24) is 20.2 Å². The van der Waals surface area contributed by atoms with Gasteiger partial charge in [0.1, 0.15) is 6.33 Å². The van der Waals surface area contributed by atoms with Crippen LogP contribution in [0.25, 0.3) is 5.69 Å². The van der Waals surface area contributed by atoms with Crippen LogP contribution >= 0.6 is 0 Å². The molecule has 0 aliphatic heterocycles. The van der Waals surface area contributed by atoms with Gasteiger partial charge in [0.25, 0.3) is 0 Å². The lowest BCUT2D eigenvalue weighted by molar-refractivity contribution is 0.562. The van der Waals surface area contributed by atoms with E-state index < -0.39 is 0 Å². The maximum atomic E-state index is 5.10. The predicted octanol–water partition coefficient (Wildman–Crippen LogP) is 2.43. The van der Waals surface area contributed by atoms with E-state index in [1.54, 1.807) is 23.5 Å². The maximum absolute atomic E-state index is 5.10. The average Bonchev–Trinajstić information content (AvgIpc) is 3.13. The van der Waals surface area contributed by atoms with Crippen LogP contribution in [0.2, 0.25) is 0 Å². The van der Waals surface area contributed by atoms with Crippen LogP contribution in [0.4, 0.5) is 5.69 Å². The van der Waals surface area contributed by atoms with Crippen molar-refractivity contribution in [3.63, 3.8) is 0 Å². The largest absolute Gasteiger partial charge is 0.472 e. The van der Waals surface area contributed by atoms with Gasteiger partial charge < -0.3 is 9.73 Å². The first-order valence-electron chi connectivity index (χ1n) is 5.95. The summed E-state index contributed by atoms with van der Waals surface area (Å²) in [5, 5.41) is 14.7. The molecule has 2 aromatic heterocycles. The first-order chi connectivity index (χ1) is 9.34. The molecule has 19 heavy (non-hydrogen) atoms. The highest BCUT2D eigenvalue weighted by atomic mass is 16.3. The van der Waals surface area contributed by atoms with E-state index in [1.807, 2.05) is 30.3 Å². The minimum absolute atomic E-state index is 0.136. The molecule has 1 atom stereocenters. The summed E-state index contributed by atoms with van der Waals surface area (Å²) >= 11 is 0. The molecule has 3 aromatic rings. The Morgan fingerprint density at radius 2 is 2.16 bits per heavy atom. The molecule has 0 aliphatic carbocycles. The van der Waals surface area contributed by atoms with Gasteiger partial charge in [-0.2, -0.15) is 4.68 Å². The van der Waals surface area contributed by atoms with Crippen LogP contribution in [0.1, 0.15) is 18.5 Å². The molecule has 2 heterocycles. The third-order valence-electron chi connectivity index (χ3n) is 2.92. The Balaban J connectivity index is 1.89. The zero-order valence-electron chi connectivity index (χ0n) is 10.4. The lowest BCUT2D eigenvalue weighted by atomic mass is 10.1. The molecule has 0 saturated carbocycles. The molecule has 96 valence electrons. The minimum Gasteiger partial charge on any atom is -0.472 e. The van der Waals surface area contributed by atoms with Gasteiger partial charge in [-0.25, -0.2) is 0 Å². The van der Waals surface area contributed by atoms with Gasteiger partial charge in [-0.1, -0.05) is 12.1 Å². The SMILES string of the molecule is CC(Nc1ccccc1-n1cnnn1)c1ccoc1. The fourth-order valence-electron chi connectivity index (χ4n) is 1.91. The summed E-state index contributed by atoms with van der Waals surface area (Å²) in [6.45, 7) is 2.07. The zero-order chi connectivity index (χ0) is 13.1. The van der Waals surface area contributed by atoms with Gasteiger partial charge in [0.05, 0.1) is 29.9 Å². The number of para-hydroxylation sites is 2. The third-order valence-corrected chi connectivity index (χ3v) is 2.92. The second kappa shape index (κ2) is 4.93. The molecule has 1 N–H and O–H groups in total. The first-order valence-corrected chi connectivity index (χ1v) is 5.95. The van der Waals surface area contributed by atoms with E-state index in [9.17, 15) is 0 Å². The van der Waals surface area contributed by atoms with Crippen molar-refractivity contribution in [2.45, 2.75) is 13.0 Å². The Morgan fingerprint density at radius 3 is 2.89 bits per heavy atom. The molecule has 0 amide bonds. The number of aromatic nitrogens is 4. The summed E-state index contributed by atoms with van der Waals surface area (Å²) < 4.78 is 6.73. The van der Waals surface area contributed by atoms with Crippen molar-refractivity contribution in [3.05, 3.63) is 54.7 Å². The molecule has 0 fully saturated rings. The predicted molar refractivity (Wildman–Crippen MR) is 69.9 cm³/mol. The van der Waals surface area contributed by atoms with Gasteiger partial charge in [0.2, 0.25) is 0 Å². The Bertz CT molecular complexity index is 633. The summed E-state index contributed by atoms with van der Waals surface area (Å²) in [5.74, 6) is 0. The Kier molecular flexibility index (Phi) is 2.97. The van der Waals surface area contributed by atoms with Crippen molar-refractivity contribution in [1.29, 1.82) is 0 Å². The van der Waals surface area contributed by atoms with Crippen molar-refractivity contribution in [3.8, 4) is 5.69 Å². The Labute approximate surface area is 110 Å². The topological polar surface area (TPSA) is 68.8 Å². The fraction of sp³-hybridized carbons (Fsp3) is 0.154. The number of benzene rings is 1. The molecule has 1 aromatic carbocycles. The van der Waals surface area contributed by atoms with Crippen LogP contribution in [0.5, 0.6) is 0 Å². The van der Waals surface area contributed by atoms with Gasteiger partial charge in [0.15, 0.2) is 0 Å². The third kappa shape index (κ3) is 2.33. The number of nitrogens with one attached hydrogen (secondary N) is 1. The summed E-state index contributed by atoms with van der Waals surface area (Å²) in [7, 11) is 0. The molecule has 0 saturated heterocycles. The number of furan rings is 1. The molecule has 3 rings (SSSR count). The zero-order valence-corrected chi connectivity index (χ0v) is 10.4. The van der Waals surface area contributed by atoms with E-state index in [4.69, 9.17) is 4.42 Å². The fourth-order valence-corrected chi connectivity index (χ4v) is 1.91. The second-order valence-corrected chi connectivity index (χ2v) is 4.19. The number of anilines is 1. The van der Waals surface area contributed by atoms with Crippen LogP contribution in [-0.4, -0.2) is 20.2 Å². The molecule has 0 bridgehead atoms. The first kappa shape index (κ1) is 11.5. The summed E-state index contributed by atoms with van der Waals surface area (Å²) in [4.78, 5) is 0. The normalized spacial score (nSPS) is 12.3. The molecule has 6 heteroatoms. The van der Waals surface area contributed by atoms with Gasteiger partial charge in [-0.3, -0.25) is 0 Å². The van der Waals surface area contributed by atoms with Crippen LogP contribution in [-0.2, 0) is 0 Å². The van der Waals surface area contributed by atoms with Crippen molar-refractivity contribution < 1.29 is 4.42 Å². The van der Waals surface area contributed by atoms with E-state index in [2.05, 4.69) is 27.8 Å². The highest BCUT2D eigenvalue weighted by Gasteiger charge is 2.10. The van der Waals surface area contributed by atoms with Crippen molar-refractivity contribution in [2.75, 3.05) is 5.32 Å². The van der Waals surface area contributed by atoms with E-state index in [0.29, 0.717) is 0 Å². The van der Waals surface area contributed by atoms with Gasteiger partial charge in [-0.15, -0.1) is 5.10 Å². The summed E-state index contributed by atoms with van der Waals surface area (Å²) in [5.41, 5.74) is 2.96. The van der Waals surface area contributed by atoms with E-state index in [1.165, 1.54) is 0 Å². The molecule has 0 spiro atoms. The lowest BCUT2D eigenvalue weighted by Gasteiger charge is -2.16. The van der Waals surface area contributed by atoms with Crippen LogP contribution < -0.4 is 5.32 Å². The molecule has 0 aliphatic rings. The molecular formula is C13H13N5O. The number of hydrogen-bond donors (Lipinski definition) is 1. The van der Waals surface area contributed by atoms with E-state index >= 15 is 0 Å². The summed E-state index contributed by atoms with van der Waals surface area (Å²) in [6.07, 6.45) is 4.97. The Morgan fingerprint density at radius 1 is 1.26 bits per heavy atom. The molecule has 1 unspecified atom stereocenters. The standard InChI is InChI=1S/C13H13N5O/c1-10(11-6-7-19-8-11)15-12-4-2-3-5-13(12)18-9-14-16-17-18/h2-10,15H,1H3. The van der Waals surface area contributed by atoms with Gasteiger partial charge in [0, 0.05) is 5.56 Å². The number of nitrogens with zero attached hydrogens (tertiary/aromatic N) is 4. The highest BCUT2D eigenvalue weighted by Crippen LogP contribution is 2.24. The van der Waals surface area contributed by atoms with Crippen molar-refractivity contribution in [2.24, 2.45) is 0 Å². The number of rotatable bonds is 4. The maximum Gasteiger partial charge on any atom is 0.143 e. The summed E-state index contributed by atoms with van der Waals surface area (Å²) in [6, 6.07) is 9.95. The van der Waals surface area contributed by atoms with E-state index in [-0.39, 0.29) is 6.04 Å². The molecule has 0 radical (unpaired) electrons. The smallest absolute Gasteiger partial charge is 0.143 e. The van der Waals surface area contributed by atoms with E-state index in [0.717, 1.165) is 16.9 Å². The minimum atomic E-state index is 0.136. The highest BCUT2D eigenvalue weighted by molar-refractivity contribution is 5.61. The van der Waals surface area contributed by atoms with Gasteiger partial charge >= 0.3 is 0 Å². The molecule has 6 nitrogen and oxygen atoms in total. The quantitative estimate of drug-likeness (QED) is 0.775. The second-order valence-electron chi connectivity index (χ2n) is 4.19. The average molecular weight is 255 g/mol. The number of hydrogen-bond acceptors (Lipinski definition) is 5. The molecular weight excluding hydrogens is 242 g/mol. The van der Waals surface area contributed by atoms with Crippen LogP contribution in [0.15, 0.2) is 53.6 Å². The number of tetrazole rings is 1. The van der Waals surface area contributed by atoms with Gasteiger partial charge in [-0.05, 0) is 35.5 Å². The van der Waals surface area contributed by atoms with Crippen LogP contribution in [0, 0.1) is 0 Å². The van der Waals surface area contributed by atoms with Crippen molar-refractivity contribution >= 4 is 5.69 Å².